The van der Waals surface area contributed by atoms with Gasteiger partial charge in [-0.25, -0.2) is 8.42 Å². The first-order valence-corrected chi connectivity index (χ1v) is 9.12. The first-order valence-electron chi connectivity index (χ1n) is 7.06. The van der Waals surface area contributed by atoms with Gasteiger partial charge in [0.25, 0.3) is 0 Å². The number of sulfone groups is 1. The van der Waals surface area contributed by atoms with Crippen LogP contribution in [0.4, 0.5) is 0 Å². The lowest BCUT2D eigenvalue weighted by molar-refractivity contribution is -0.132. The van der Waals surface area contributed by atoms with Crippen LogP contribution in [0.1, 0.15) is 45.4 Å². The van der Waals surface area contributed by atoms with E-state index in [1.165, 1.54) is 12.7 Å². The van der Waals surface area contributed by atoms with Gasteiger partial charge in [0.05, 0.1) is 11.3 Å². The normalized spacial score (nSPS) is 28.6. The fourth-order valence-electron chi connectivity index (χ4n) is 3.16. The molecule has 1 aliphatic rings. The van der Waals surface area contributed by atoms with Gasteiger partial charge < -0.3 is 0 Å². The fourth-order valence-corrected chi connectivity index (χ4v) is 3.83. The third-order valence-electron chi connectivity index (χ3n) is 4.27. The molecule has 4 nitrogen and oxygen atoms in total. The van der Waals surface area contributed by atoms with Gasteiger partial charge in [0.1, 0.15) is 9.84 Å². The first-order chi connectivity index (χ1) is 8.67. The van der Waals surface area contributed by atoms with E-state index >= 15 is 0 Å². The third kappa shape index (κ3) is 4.56. The molecule has 5 heteroatoms. The van der Waals surface area contributed by atoms with E-state index in [0.29, 0.717) is 18.8 Å². The van der Waals surface area contributed by atoms with Crippen molar-refractivity contribution in [2.75, 3.05) is 26.1 Å². The number of carbonyl (C=O) groups excluding carboxylic acids is 1. The average molecular weight is 289 g/mol. The van der Waals surface area contributed by atoms with E-state index in [4.69, 9.17) is 0 Å². The highest BCUT2D eigenvalue weighted by atomic mass is 32.2. The average Bonchev–Trinajstić information content (AvgIpc) is 2.26. The predicted molar refractivity (Wildman–Crippen MR) is 78.0 cm³/mol. The fraction of sp³-hybridized carbons (Fsp3) is 0.929. The molecule has 0 aromatic rings. The topological polar surface area (TPSA) is 54.5 Å². The molecule has 1 saturated carbocycles. The number of carbonyl (C=O) groups is 1. The van der Waals surface area contributed by atoms with Crippen LogP contribution in [0.25, 0.3) is 0 Å². The van der Waals surface area contributed by atoms with Crippen LogP contribution in [0.15, 0.2) is 0 Å². The molecule has 0 radical (unpaired) electrons. The Kier molecular flexibility index (Phi) is 5.56. The maximum atomic E-state index is 12.6. The van der Waals surface area contributed by atoms with Gasteiger partial charge in [-0.1, -0.05) is 19.8 Å². The number of hydrogen-bond donors (Lipinski definition) is 0. The summed E-state index contributed by atoms with van der Waals surface area (Å²) >= 11 is 0. The molecule has 0 aliphatic heterocycles. The number of Topliss-reactive ketones (excluding diaryl/α,β-unsaturated/α-hetero) is 1. The van der Waals surface area contributed by atoms with Crippen molar-refractivity contribution in [3.63, 3.8) is 0 Å². The minimum absolute atomic E-state index is 0.109. The molecule has 0 amide bonds. The van der Waals surface area contributed by atoms with Gasteiger partial charge in [-0.2, -0.15) is 0 Å². The Bertz CT molecular complexity index is 416. The van der Waals surface area contributed by atoms with Crippen LogP contribution in [-0.2, 0) is 14.6 Å². The Morgan fingerprint density at radius 2 is 2.00 bits per heavy atom. The Morgan fingerprint density at radius 1 is 1.37 bits per heavy atom. The minimum Gasteiger partial charge on any atom is -0.298 e. The predicted octanol–water partition coefficient (Wildman–Crippen LogP) is 1.89. The minimum atomic E-state index is -2.97. The smallest absolute Gasteiger partial charge is 0.153 e. The molecule has 1 rings (SSSR count). The molecular weight excluding hydrogens is 262 g/mol. The number of likely N-dealkylation sites (N-methyl/N-ethyl adjacent to an activating group) is 1. The Balaban J connectivity index is 2.68. The molecule has 0 bridgehead atoms. The summed E-state index contributed by atoms with van der Waals surface area (Å²) in [6, 6.07) is 0. The lowest BCUT2D eigenvalue weighted by atomic mass is 9.72. The lowest BCUT2D eigenvalue weighted by Gasteiger charge is -2.44. The van der Waals surface area contributed by atoms with E-state index in [9.17, 15) is 13.2 Å². The zero-order chi connectivity index (χ0) is 14.7. The van der Waals surface area contributed by atoms with Gasteiger partial charge in [-0.15, -0.1) is 0 Å². The van der Waals surface area contributed by atoms with Crippen molar-refractivity contribution < 1.29 is 13.2 Å². The molecule has 2 unspecified atom stereocenters. The largest absolute Gasteiger partial charge is 0.298 e. The van der Waals surface area contributed by atoms with Crippen LogP contribution in [0.5, 0.6) is 0 Å². The summed E-state index contributed by atoms with van der Waals surface area (Å²) in [5.74, 6) is 0.889. The van der Waals surface area contributed by atoms with Crippen LogP contribution in [-0.4, -0.2) is 50.7 Å². The van der Waals surface area contributed by atoms with E-state index in [1.54, 1.807) is 0 Å². The van der Waals surface area contributed by atoms with Crippen molar-refractivity contribution in [2.24, 2.45) is 5.92 Å². The summed E-state index contributed by atoms with van der Waals surface area (Å²) in [6.45, 7) is 2.20. The number of hydrogen-bond acceptors (Lipinski definition) is 4. The van der Waals surface area contributed by atoms with Crippen molar-refractivity contribution in [1.82, 2.24) is 4.90 Å². The Labute approximate surface area is 117 Å². The molecule has 2 atom stereocenters. The molecule has 0 heterocycles. The molecule has 0 saturated heterocycles. The second-order valence-electron chi connectivity index (χ2n) is 6.28. The number of ketones is 1. The van der Waals surface area contributed by atoms with Crippen LogP contribution in [0.2, 0.25) is 0 Å². The molecule has 19 heavy (non-hydrogen) atoms. The Morgan fingerprint density at radius 3 is 2.47 bits per heavy atom. The molecule has 1 aliphatic carbocycles. The van der Waals surface area contributed by atoms with E-state index in [1.807, 2.05) is 19.0 Å². The second-order valence-corrected chi connectivity index (χ2v) is 8.54. The summed E-state index contributed by atoms with van der Waals surface area (Å²) in [7, 11) is 0.962. The zero-order valence-electron chi connectivity index (χ0n) is 12.6. The standard InChI is InChI=1S/C14H27NO3S/c1-12-7-5-9-14(11-12,15(2)3)13(16)8-6-10-19(4,17)18/h12H,5-11H2,1-4H3. The van der Waals surface area contributed by atoms with Crippen molar-refractivity contribution in [3.05, 3.63) is 0 Å². The van der Waals surface area contributed by atoms with Gasteiger partial charge in [0.2, 0.25) is 0 Å². The summed E-state index contributed by atoms with van der Waals surface area (Å²) in [5.41, 5.74) is -0.366. The van der Waals surface area contributed by atoms with Crippen molar-refractivity contribution in [3.8, 4) is 0 Å². The van der Waals surface area contributed by atoms with Gasteiger partial charge in [0, 0.05) is 12.7 Å². The van der Waals surface area contributed by atoms with E-state index in [2.05, 4.69) is 6.92 Å². The van der Waals surface area contributed by atoms with Crippen LogP contribution in [0.3, 0.4) is 0 Å². The van der Waals surface area contributed by atoms with Gasteiger partial charge in [-0.3, -0.25) is 9.69 Å². The molecular formula is C14H27NO3S. The van der Waals surface area contributed by atoms with E-state index in [0.717, 1.165) is 19.3 Å². The van der Waals surface area contributed by atoms with Gasteiger partial charge >= 0.3 is 0 Å². The van der Waals surface area contributed by atoms with Gasteiger partial charge in [0.15, 0.2) is 5.78 Å². The van der Waals surface area contributed by atoms with Crippen LogP contribution < -0.4 is 0 Å². The summed E-state index contributed by atoms with van der Waals surface area (Å²) in [5, 5.41) is 0. The number of nitrogens with zero attached hydrogens (tertiary/aromatic N) is 1. The lowest BCUT2D eigenvalue weighted by Crippen LogP contribution is -2.53. The molecule has 112 valence electrons. The van der Waals surface area contributed by atoms with E-state index in [-0.39, 0.29) is 17.1 Å². The summed E-state index contributed by atoms with van der Waals surface area (Å²) < 4.78 is 22.3. The van der Waals surface area contributed by atoms with Crippen LogP contribution >= 0.6 is 0 Å². The van der Waals surface area contributed by atoms with Crippen molar-refractivity contribution in [2.45, 2.75) is 51.0 Å². The highest BCUT2D eigenvalue weighted by molar-refractivity contribution is 7.90. The third-order valence-corrected chi connectivity index (χ3v) is 5.30. The maximum Gasteiger partial charge on any atom is 0.153 e. The zero-order valence-corrected chi connectivity index (χ0v) is 13.4. The van der Waals surface area contributed by atoms with Crippen LogP contribution in [0, 0.1) is 5.92 Å². The van der Waals surface area contributed by atoms with Crippen molar-refractivity contribution >= 4 is 15.6 Å². The van der Waals surface area contributed by atoms with Crippen molar-refractivity contribution in [1.29, 1.82) is 0 Å². The SMILES string of the molecule is CC1CCCC(C(=O)CCCS(C)(=O)=O)(N(C)C)C1. The highest BCUT2D eigenvalue weighted by Gasteiger charge is 2.42. The monoisotopic (exact) mass is 289 g/mol. The maximum absolute atomic E-state index is 12.6. The van der Waals surface area contributed by atoms with Gasteiger partial charge in [-0.05, 0) is 39.3 Å². The molecule has 1 fully saturated rings. The highest BCUT2D eigenvalue weighted by Crippen LogP contribution is 2.37. The first kappa shape index (κ1) is 16.6. The number of rotatable bonds is 6. The quantitative estimate of drug-likeness (QED) is 0.749. The molecule has 0 N–H and O–H groups in total. The Hall–Kier alpha value is -0.420. The summed E-state index contributed by atoms with van der Waals surface area (Å²) in [6.07, 6.45) is 6.12. The summed E-state index contributed by atoms with van der Waals surface area (Å²) in [4.78, 5) is 14.6. The molecule has 0 spiro atoms. The second kappa shape index (κ2) is 6.35. The van der Waals surface area contributed by atoms with E-state index < -0.39 is 9.84 Å². The molecule has 0 aromatic heterocycles. The molecule has 0 aromatic carbocycles.